The second-order valence-corrected chi connectivity index (χ2v) is 27.2. The Bertz CT molecular complexity index is 1240. The number of nitrogens with zero attached hydrogens (tertiary/aromatic N) is 4. The zero-order chi connectivity index (χ0) is 58.2. The van der Waals surface area contributed by atoms with Crippen LogP contribution in [0.5, 0.6) is 0 Å². The highest BCUT2D eigenvalue weighted by atomic mass is 33.1. The Morgan fingerprint density at radius 1 is 0.367 bits per heavy atom. The molecule has 0 spiro atoms. The van der Waals surface area contributed by atoms with E-state index in [2.05, 4.69) is 47.7 Å². The molecule has 0 rings (SSSR count). The average Bonchev–Trinajstić information content (AvgIpc) is 3.42. The number of nitrogens with one attached hydrogen (secondary N) is 1. The fourth-order valence-corrected chi connectivity index (χ4v) is 13.0. The minimum absolute atomic E-state index is 0.0449. The second kappa shape index (κ2) is 59.1. The van der Waals surface area contributed by atoms with Crippen molar-refractivity contribution in [3.05, 3.63) is 0 Å². The molecule has 0 aliphatic rings. The summed E-state index contributed by atoms with van der Waals surface area (Å²) in [7, 11) is 9.45. The number of hydrogen-bond acceptors (Lipinski definition) is 11. The summed E-state index contributed by atoms with van der Waals surface area (Å²) < 4.78 is 0. The molecule has 0 aliphatic carbocycles. The number of carbonyl (C=O) groups is 2. The third-order valence-corrected chi connectivity index (χ3v) is 18.5. The quantitative estimate of drug-likeness (QED) is 0.0294. The molecule has 0 radical (unpaired) electrons. The summed E-state index contributed by atoms with van der Waals surface area (Å²) in [5.74, 6) is 1.60. The second-order valence-electron chi connectivity index (χ2n) is 24.5. The zero-order valence-electron chi connectivity index (χ0n) is 53.4. The predicted octanol–water partition coefficient (Wildman–Crippen LogP) is 15.4. The van der Waals surface area contributed by atoms with E-state index in [-0.39, 0.29) is 24.0 Å². The van der Waals surface area contributed by atoms with Gasteiger partial charge in [0, 0.05) is 64.2 Å². The molecule has 0 heterocycles. The van der Waals surface area contributed by atoms with Crippen LogP contribution in [0.2, 0.25) is 0 Å². The maximum Gasteiger partial charge on any atom is 0.244 e. The van der Waals surface area contributed by atoms with Gasteiger partial charge in [0.15, 0.2) is 0 Å². The van der Waals surface area contributed by atoms with Gasteiger partial charge in [-0.3, -0.25) is 19.4 Å². The molecule has 0 aromatic heterocycles. The molecule has 0 aliphatic heterocycles. The molecule has 79 heavy (non-hydrogen) atoms. The number of aliphatic hydroxyl groups is 4. The molecule has 5 atom stereocenters. The normalized spacial score (nSPS) is 13.9. The van der Waals surface area contributed by atoms with E-state index in [4.69, 9.17) is 0 Å². The molecule has 0 aromatic carbocycles. The van der Waals surface area contributed by atoms with Crippen LogP contribution >= 0.6 is 21.6 Å². The summed E-state index contributed by atoms with van der Waals surface area (Å²) in [6, 6.07) is -0.578. The highest BCUT2D eigenvalue weighted by Crippen LogP contribution is 2.25. The van der Waals surface area contributed by atoms with E-state index in [1.54, 1.807) is 15.7 Å². The minimum atomic E-state index is -0.578. The Morgan fingerprint density at radius 3 is 1.03 bits per heavy atom. The van der Waals surface area contributed by atoms with Crippen LogP contribution in [0, 0.1) is 0 Å². The molecule has 13 heteroatoms. The van der Waals surface area contributed by atoms with E-state index in [9.17, 15) is 30.0 Å². The molecule has 0 saturated carbocycles. The van der Waals surface area contributed by atoms with Crippen LogP contribution in [0.1, 0.15) is 297 Å². The molecule has 0 fully saturated rings. The van der Waals surface area contributed by atoms with Crippen LogP contribution in [0.4, 0.5) is 0 Å². The van der Waals surface area contributed by atoms with Gasteiger partial charge in [-0.15, -0.1) is 0 Å². The van der Waals surface area contributed by atoms with Gasteiger partial charge in [0.1, 0.15) is 6.04 Å². The molecule has 0 saturated heterocycles. The number of amides is 2. The molecular weight excluding hydrogens is 1020 g/mol. The Morgan fingerprint density at radius 2 is 0.684 bits per heavy atom. The first-order valence-corrected chi connectivity index (χ1v) is 36.5. The van der Waals surface area contributed by atoms with Gasteiger partial charge in [-0.05, 0) is 85.0 Å². The van der Waals surface area contributed by atoms with E-state index in [1.807, 2.05) is 31.9 Å². The lowest BCUT2D eigenvalue weighted by Crippen LogP contribution is -2.48. The van der Waals surface area contributed by atoms with Crippen molar-refractivity contribution in [3.8, 4) is 0 Å². The van der Waals surface area contributed by atoms with E-state index >= 15 is 0 Å². The van der Waals surface area contributed by atoms with Gasteiger partial charge in [0.2, 0.25) is 11.8 Å². The first-order valence-electron chi connectivity index (χ1n) is 34.0. The number of likely N-dealkylation sites (N-methyl/N-ethyl adjacent to an activating group) is 2. The first-order chi connectivity index (χ1) is 38.4. The fraction of sp³-hybridized carbons (Fsp3) is 0.970. The molecule has 5 unspecified atom stereocenters. The van der Waals surface area contributed by atoms with Crippen molar-refractivity contribution in [2.24, 2.45) is 0 Å². The minimum Gasteiger partial charge on any atom is -0.392 e. The monoisotopic (exact) mass is 1160 g/mol. The van der Waals surface area contributed by atoms with Crippen LogP contribution < -0.4 is 5.32 Å². The van der Waals surface area contributed by atoms with Crippen molar-refractivity contribution in [2.45, 2.75) is 328 Å². The average molecular weight is 1160 g/mol. The van der Waals surface area contributed by atoms with Gasteiger partial charge in [-0.25, -0.2) is 0 Å². The van der Waals surface area contributed by atoms with E-state index in [0.29, 0.717) is 52.0 Å². The van der Waals surface area contributed by atoms with Crippen molar-refractivity contribution in [1.82, 2.24) is 24.9 Å². The highest BCUT2D eigenvalue weighted by Gasteiger charge is 2.24. The van der Waals surface area contributed by atoms with Crippen LogP contribution in [0.3, 0.4) is 0 Å². The summed E-state index contributed by atoms with van der Waals surface area (Å²) in [6.45, 7) is 14.3. The fourth-order valence-electron chi connectivity index (χ4n) is 10.8. The van der Waals surface area contributed by atoms with E-state index in [1.165, 1.54) is 167 Å². The van der Waals surface area contributed by atoms with Crippen molar-refractivity contribution in [2.75, 3.05) is 85.0 Å². The van der Waals surface area contributed by atoms with Gasteiger partial charge in [-0.2, -0.15) is 0 Å². The summed E-state index contributed by atoms with van der Waals surface area (Å²) in [6.07, 6.45) is 46.2. The Kier molecular flexibility index (Phi) is 58.6. The summed E-state index contributed by atoms with van der Waals surface area (Å²) in [4.78, 5) is 35.7. The predicted molar refractivity (Wildman–Crippen MR) is 347 cm³/mol. The summed E-state index contributed by atoms with van der Waals surface area (Å²) >= 11 is 0. The van der Waals surface area contributed by atoms with Crippen molar-refractivity contribution >= 4 is 33.4 Å². The molecule has 5 N–H and O–H groups in total. The van der Waals surface area contributed by atoms with Gasteiger partial charge in [0.25, 0.3) is 0 Å². The van der Waals surface area contributed by atoms with Gasteiger partial charge >= 0.3 is 0 Å². The molecule has 0 aromatic rings. The summed E-state index contributed by atoms with van der Waals surface area (Å²) in [5.41, 5.74) is 0. The van der Waals surface area contributed by atoms with Crippen LogP contribution in [0.25, 0.3) is 0 Å². The van der Waals surface area contributed by atoms with E-state index in [0.717, 1.165) is 115 Å². The molecule has 0 bridgehead atoms. The van der Waals surface area contributed by atoms with Crippen molar-refractivity contribution in [1.29, 1.82) is 0 Å². The highest BCUT2D eigenvalue weighted by molar-refractivity contribution is 8.76. The maximum absolute atomic E-state index is 13.8. The van der Waals surface area contributed by atoms with Crippen molar-refractivity contribution < 1.29 is 30.0 Å². The zero-order valence-corrected chi connectivity index (χ0v) is 55.0. The first kappa shape index (κ1) is 78.4. The summed E-state index contributed by atoms with van der Waals surface area (Å²) in [5, 5.41) is 47.5. The topological polar surface area (TPSA) is 140 Å². The van der Waals surface area contributed by atoms with E-state index < -0.39 is 18.2 Å². The SMILES string of the molecule is CCCCCCCCCCCCC(O)CN(CCCCSSCCC(NC(=O)CCCCN(CC(O)CCCCCCCC)CC(O)CCCCCCCC)C(=O)N(C)CCN(C)C)CC(O)CCCCCCCCCCCC. The van der Waals surface area contributed by atoms with Crippen LogP contribution in [0.15, 0.2) is 0 Å². The Hall–Kier alpha value is -0.640. The third kappa shape index (κ3) is 53.8. The standard InChI is InChI=1S/C66H135N5O6S2/c1-8-12-16-20-24-26-28-30-34-38-46-62(74)58-71(59-63(75)47-39-35-31-29-27-25-21-17-13-9-2)51-42-43-54-78-79-55-49-64(66(77)69(7)53-52-68(5)6)67-65(76)48-40-41-50-70(56-60(72)44-36-32-22-18-14-10-3)57-61(73)45-37-33-23-19-15-11-4/h60-64,72-75H,8-59H2,1-7H3,(H,67,76). The number of unbranched alkanes of at least 4 members (excludes halogenated alkanes) is 30. The number of aliphatic hydroxyl groups excluding tert-OH is 4. The number of carbonyl (C=O) groups excluding carboxylic acids is 2. The van der Waals surface area contributed by atoms with Crippen LogP contribution in [-0.2, 0) is 9.59 Å². The number of hydrogen-bond donors (Lipinski definition) is 5. The Balaban J connectivity index is 5.23. The molecule has 2 amide bonds. The Labute approximate surface area is 498 Å². The largest absolute Gasteiger partial charge is 0.392 e. The lowest BCUT2D eigenvalue weighted by molar-refractivity contribution is -0.135. The van der Waals surface area contributed by atoms with Gasteiger partial charge in [-0.1, -0.05) is 255 Å². The van der Waals surface area contributed by atoms with Crippen molar-refractivity contribution in [3.63, 3.8) is 0 Å². The lowest BCUT2D eigenvalue weighted by Gasteiger charge is -2.28. The lowest BCUT2D eigenvalue weighted by atomic mass is 10.0. The molecule has 11 nitrogen and oxygen atoms in total. The molecular formula is C66H135N5O6S2. The maximum atomic E-state index is 13.8. The molecule has 472 valence electrons. The number of rotatable bonds is 63. The third-order valence-electron chi connectivity index (χ3n) is 16.0. The van der Waals surface area contributed by atoms with Crippen LogP contribution in [-0.4, -0.2) is 167 Å². The van der Waals surface area contributed by atoms with Gasteiger partial charge < -0.3 is 35.5 Å². The smallest absolute Gasteiger partial charge is 0.244 e. The van der Waals surface area contributed by atoms with Gasteiger partial charge in [0.05, 0.1) is 24.4 Å².